The van der Waals surface area contributed by atoms with Crippen molar-refractivity contribution in [3.8, 4) is 50.7 Å². The van der Waals surface area contributed by atoms with Gasteiger partial charge >= 0.3 is 0 Å². The number of hydrogen-bond donors (Lipinski definition) is 0. The van der Waals surface area contributed by atoms with Crippen LogP contribution in [0.5, 0.6) is 0 Å². The van der Waals surface area contributed by atoms with Gasteiger partial charge < -0.3 is 8.98 Å². The Morgan fingerprint density at radius 3 is 1.95 bits per heavy atom. The topological polar surface area (TPSA) is 43.9 Å². The number of fused-ring (bicyclic) bond motifs is 10. The quantitative estimate of drug-likeness (QED) is 0.176. The van der Waals surface area contributed by atoms with E-state index in [1.54, 1.807) is 0 Å². The number of rotatable bonds is 5. The highest BCUT2D eigenvalue weighted by Crippen LogP contribution is 2.46. The molecular weight excluding hydrogens is 715 g/mol. The van der Waals surface area contributed by atoms with E-state index >= 15 is 0 Å². The Balaban J connectivity index is 1.11. The van der Waals surface area contributed by atoms with Crippen molar-refractivity contribution in [3.05, 3.63) is 188 Å². The van der Waals surface area contributed by atoms with Crippen LogP contribution in [-0.2, 0) is 0 Å². The first-order valence-electron chi connectivity index (χ1n) is 19.1. The molecule has 4 nitrogen and oxygen atoms in total. The fraction of sp³-hybridized carbons (Fsp3) is 0. The summed E-state index contributed by atoms with van der Waals surface area (Å²) in [5.74, 6) is 0.652. The number of thiophene rings is 1. The summed E-state index contributed by atoms with van der Waals surface area (Å²) in [5, 5.41) is 7.14. The van der Waals surface area contributed by atoms with Gasteiger partial charge in [0.1, 0.15) is 11.2 Å². The van der Waals surface area contributed by atoms with Crippen LogP contribution in [-0.4, -0.2) is 14.5 Å². The second kappa shape index (κ2) is 12.6. The zero-order valence-electron chi connectivity index (χ0n) is 30.6. The van der Waals surface area contributed by atoms with E-state index in [2.05, 4.69) is 180 Å². The zero-order valence-corrected chi connectivity index (χ0v) is 31.4. The standard InChI is InChI=1S/C52H31N3OS/c1-3-13-32(14-4-1)33-15-11-16-34(29-33)44-31-45(54-52(53-44)35-25-26-39-38-20-8-10-24-47(38)56-48(39)30-35)43-22-12-21-41-42-28-27-40-37-19-7-9-23-46(37)55(36-17-5-2-6-18-36)49(40)51(42)57-50(41)43/h1-31H. The van der Waals surface area contributed by atoms with E-state index in [-0.39, 0.29) is 0 Å². The first kappa shape index (κ1) is 32.0. The fourth-order valence-electron chi connectivity index (χ4n) is 8.57. The lowest BCUT2D eigenvalue weighted by atomic mass is 10.00. The van der Waals surface area contributed by atoms with Crippen LogP contribution in [0.3, 0.4) is 0 Å². The first-order chi connectivity index (χ1) is 28.2. The van der Waals surface area contributed by atoms with Gasteiger partial charge in [-0.2, -0.15) is 0 Å². The molecule has 0 atom stereocenters. The van der Waals surface area contributed by atoms with Gasteiger partial charge in [0.05, 0.1) is 27.1 Å². The maximum Gasteiger partial charge on any atom is 0.160 e. The van der Waals surface area contributed by atoms with Crippen LogP contribution in [0.15, 0.2) is 192 Å². The van der Waals surface area contributed by atoms with Crippen molar-refractivity contribution in [2.45, 2.75) is 0 Å². The maximum absolute atomic E-state index is 6.34. The van der Waals surface area contributed by atoms with Crippen LogP contribution in [0.4, 0.5) is 0 Å². The van der Waals surface area contributed by atoms with E-state index < -0.39 is 0 Å². The van der Waals surface area contributed by atoms with Crippen molar-refractivity contribution in [2.24, 2.45) is 0 Å². The Morgan fingerprint density at radius 1 is 0.404 bits per heavy atom. The molecule has 0 fully saturated rings. The lowest BCUT2D eigenvalue weighted by Gasteiger charge is -2.11. The Morgan fingerprint density at radius 2 is 1.05 bits per heavy atom. The summed E-state index contributed by atoms with van der Waals surface area (Å²) in [6.45, 7) is 0. The monoisotopic (exact) mass is 745 g/mol. The zero-order chi connectivity index (χ0) is 37.5. The molecule has 266 valence electrons. The minimum atomic E-state index is 0.652. The van der Waals surface area contributed by atoms with Crippen molar-refractivity contribution >= 4 is 75.3 Å². The van der Waals surface area contributed by atoms with Gasteiger partial charge in [0, 0.05) is 59.4 Å². The van der Waals surface area contributed by atoms with E-state index in [1.807, 2.05) is 23.5 Å². The van der Waals surface area contributed by atoms with Gasteiger partial charge in [-0.15, -0.1) is 11.3 Å². The van der Waals surface area contributed by atoms with Gasteiger partial charge in [-0.25, -0.2) is 9.97 Å². The summed E-state index contributed by atoms with van der Waals surface area (Å²) in [6, 6.07) is 66.5. The van der Waals surface area contributed by atoms with Crippen LogP contribution in [0.25, 0.3) is 115 Å². The largest absolute Gasteiger partial charge is 0.456 e. The Bertz CT molecular complexity index is 3520. The van der Waals surface area contributed by atoms with Crippen LogP contribution in [0, 0.1) is 0 Å². The van der Waals surface area contributed by atoms with Crippen molar-refractivity contribution < 1.29 is 4.42 Å². The molecule has 0 N–H and O–H groups in total. The molecule has 0 amide bonds. The highest BCUT2D eigenvalue weighted by atomic mass is 32.1. The number of aromatic nitrogens is 3. The number of para-hydroxylation sites is 3. The van der Waals surface area contributed by atoms with E-state index in [1.165, 1.54) is 47.5 Å². The average molecular weight is 746 g/mol. The smallest absolute Gasteiger partial charge is 0.160 e. The van der Waals surface area contributed by atoms with Crippen LogP contribution >= 0.6 is 11.3 Å². The first-order valence-corrected chi connectivity index (χ1v) is 20.0. The molecule has 4 heterocycles. The predicted molar refractivity (Wildman–Crippen MR) is 238 cm³/mol. The van der Waals surface area contributed by atoms with Gasteiger partial charge in [0.2, 0.25) is 0 Å². The molecule has 5 heteroatoms. The van der Waals surface area contributed by atoms with E-state index in [0.717, 1.165) is 61.3 Å². The summed E-state index contributed by atoms with van der Waals surface area (Å²) in [6.07, 6.45) is 0. The molecule has 12 aromatic rings. The molecule has 0 spiro atoms. The van der Waals surface area contributed by atoms with Gasteiger partial charge in [-0.05, 0) is 59.7 Å². The number of benzene rings is 8. The van der Waals surface area contributed by atoms with Crippen LogP contribution in [0.1, 0.15) is 0 Å². The maximum atomic E-state index is 6.34. The van der Waals surface area contributed by atoms with Crippen molar-refractivity contribution in [1.29, 1.82) is 0 Å². The number of hydrogen-bond acceptors (Lipinski definition) is 4. The summed E-state index contributed by atoms with van der Waals surface area (Å²) < 4.78 is 11.2. The second-order valence-electron chi connectivity index (χ2n) is 14.5. The SMILES string of the molecule is c1ccc(-c2cccc(-c3cc(-c4cccc5c4sc4c5ccc5c6ccccc6n(-c6ccccc6)c54)nc(-c4ccc5c(c4)oc4ccccc45)n3)c2)cc1. The Kier molecular flexibility index (Phi) is 7.06. The third-order valence-corrected chi connectivity index (χ3v) is 12.5. The molecule has 0 bridgehead atoms. The molecule has 0 aliphatic carbocycles. The average Bonchev–Trinajstić information content (AvgIpc) is 3.96. The van der Waals surface area contributed by atoms with Crippen molar-refractivity contribution in [1.82, 2.24) is 14.5 Å². The predicted octanol–water partition coefficient (Wildman–Crippen LogP) is 14.5. The highest BCUT2D eigenvalue weighted by Gasteiger charge is 2.21. The summed E-state index contributed by atoms with van der Waals surface area (Å²) >= 11 is 1.85. The van der Waals surface area contributed by atoms with Crippen molar-refractivity contribution in [3.63, 3.8) is 0 Å². The van der Waals surface area contributed by atoms with E-state index in [9.17, 15) is 0 Å². The molecule has 12 rings (SSSR count). The van der Waals surface area contributed by atoms with Crippen LogP contribution < -0.4 is 0 Å². The molecule has 0 radical (unpaired) electrons. The normalized spacial score (nSPS) is 11.9. The number of furan rings is 1. The molecular formula is C52H31N3OS. The summed E-state index contributed by atoms with van der Waals surface area (Å²) in [4.78, 5) is 10.6. The number of nitrogens with zero attached hydrogens (tertiary/aromatic N) is 3. The molecule has 0 unspecified atom stereocenters. The highest BCUT2D eigenvalue weighted by molar-refractivity contribution is 7.27. The Labute approximate surface area is 331 Å². The summed E-state index contributed by atoms with van der Waals surface area (Å²) in [5.41, 5.74) is 12.3. The van der Waals surface area contributed by atoms with Gasteiger partial charge in [-0.1, -0.05) is 140 Å². The molecule has 57 heavy (non-hydrogen) atoms. The van der Waals surface area contributed by atoms with Crippen LogP contribution in [0.2, 0.25) is 0 Å². The molecule has 0 aliphatic rings. The molecule has 0 saturated carbocycles. The van der Waals surface area contributed by atoms with Gasteiger partial charge in [0.15, 0.2) is 5.82 Å². The molecule has 0 saturated heterocycles. The van der Waals surface area contributed by atoms with Gasteiger partial charge in [-0.3, -0.25) is 0 Å². The molecule has 0 aliphatic heterocycles. The fourth-order valence-corrected chi connectivity index (χ4v) is 9.93. The lowest BCUT2D eigenvalue weighted by Crippen LogP contribution is -1.96. The Hall–Kier alpha value is -7.34. The minimum Gasteiger partial charge on any atom is -0.456 e. The van der Waals surface area contributed by atoms with E-state index in [0.29, 0.717) is 5.82 Å². The lowest BCUT2D eigenvalue weighted by molar-refractivity contribution is 0.669. The third kappa shape index (κ3) is 5.06. The molecule has 4 aromatic heterocycles. The van der Waals surface area contributed by atoms with Gasteiger partial charge in [0.25, 0.3) is 0 Å². The third-order valence-electron chi connectivity index (χ3n) is 11.2. The van der Waals surface area contributed by atoms with Crippen molar-refractivity contribution in [2.75, 3.05) is 0 Å². The minimum absolute atomic E-state index is 0.652. The second-order valence-corrected chi connectivity index (χ2v) is 15.5. The molecule has 8 aromatic carbocycles. The van der Waals surface area contributed by atoms with E-state index in [4.69, 9.17) is 14.4 Å². The summed E-state index contributed by atoms with van der Waals surface area (Å²) in [7, 11) is 0.